The molecule has 0 unspecified atom stereocenters. The molecular weight excluding hydrogens is 424 g/mol. The largest absolute Gasteiger partial charge is 0.451 e. The summed E-state index contributed by atoms with van der Waals surface area (Å²) >= 11 is 0. The summed E-state index contributed by atoms with van der Waals surface area (Å²) in [5.74, 6) is 0.596. The van der Waals surface area contributed by atoms with E-state index in [0.717, 1.165) is 18.4 Å². The standard InChI is InChI=1S/C25H30N2O4S/c1-17-13-18(2)16-27(15-17)32(29,30)21-9-10-23-22(14-21)19(3)24(31-23)25(28)26-12-11-20-7-5-4-6-8-20/h4-10,14,17-18H,11-13,15-16H2,1-3H3,(H,26,28)/t17-,18-/m1/s1. The molecule has 170 valence electrons. The molecule has 1 aliphatic heterocycles. The number of rotatable bonds is 6. The molecule has 1 N–H and O–H groups in total. The van der Waals surface area contributed by atoms with Crippen molar-refractivity contribution in [1.29, 1.82) is 0 Å². The number of fused-ring (bicyclic) bond motifs is 1. The maximum Gasteiger partial charge on any atom is 0.287 e. The number of carbonyl (C=O) groups is 1. The number of nitrogens with one attached hydrogen (secondary N) is 1. The lowest BCUT2D eigenvalue weighted by atomic mass is 9.94. The van der Waals surface area contributed by atoms with Crippen LogP contribution in [0.2, 0.25) is 0 Å². The Hall–Kier alpha value is -2.64. The first-order valence-corrected chi connectivity index (χ1v) is 12.5. The molecule has 1 saturated heterocycles. The molecule has 1 aromatic heterocycles. The second kappa shape index (κ2) is 9.08. The molecule has 6 nitrogen and oxygen atoms in total. The van der Waals surface area contributed by atoms with Crippen molar-refractivity contribution in [3.05, 3.63) is 65.4 Å². The van der Waals surface area contributed by atoms with Crippen LogP contribution in [-0.4, -0.2) is 38.3 Å². The van der Waals surface area contributed by atoms with E-state index in [4.69, 9.17) is 4.42 Å². The van der Waals surface area contributed by atoms with Crippen LogP contribution in [-0.2, 0) is 16.4 Å². The van der Waals surface area contributed by atoms with E-state index in [9.17, 15) is 13.2 Å². The van der Waals surface area contributed by atoms with Crippen LogP contribution >= 0.6 is 0 Å². The van der Waals surface area contributed by atoms with Crippen molar-refractivity contribution >= 4 is 26.9 Å². The van der Waals surface area contributed by atoms with Gasteiger partial charge in [-0.1, -0.05) is 44.2 Å². The van der Waals surface area contributed by atoms with Gasteiger partial charge in [0, 0.05) is 30.6 Å². The van der Waals surface area contributed by atoms with E-state index < -0.39 is 10.0 Å². The van der Waals surface area contributed by atoms with E-state index in [-0.39, 0.29) is 16.6 Å². The van der Waals surface area contributed by atoms with E-state index in [0.29, 0.717) is 48.0 Å². The summed E-state index contributed by atoms with van der Waals surface area (Å²) in [6.07, 6.45) is 1.76. The fourth-order valence-corrected chi connectivity index (χ4v) is 6.28. The predicted octanol–water partition coefficient (Wildman–Crippen LogP) is 4.38. The van der Waals surface area contributed by atoms with Gasteiger partial charge < -0.3 is 9.73 Å². The highest BCUT2D eigenvalue weighted by Crippen LogP contribution is 2.31. The highest BCUT2D eigenvalue weighted by Gasteiger charge is 2.32. The third-order valence-corrected chi connectivity index (χ3v) is 7.96. The molecule has 2 atom stereocenters. The zero-order valence-corrected chi connectivity index (χ0v) is 19.6. The van der Waals surface area contributed by atoms with Crippen LogP contribution in [0.1, 0.15) is 41.9 Å². The predicted molar refractivity (Wildman–Crippen MR) is 125 cm³/mol. The monoisotopic (exact) mass is 454 g/mol. The minimum Gasteiger partial charge on any atom is -0.451 e. The summed E-state index contributed by atoms with van der Waals surface area (Å²) in [6, 6.07) is 14.8. The third kappa shape index (κ3) is 4.59. The molecule has 0 radical (unpaired) electrons. The number of carbonyl (C=O) groups excluding carboxylic acids is 1. The van der Waals surface area contributed by atoms with Gasteiger partial charge in [-0.2, -0.15) is 4.31 Å². The summed E-state index contributed by atoms with van der Waals surface area (Å²) in [7, 11) is -3.60. The lowest BCUT2D eigenvalue weighted by molar-refractivity contribution is 0.0927. The van der Waals surface area contributed by atoms with Crippen molar-refractivity contribution in [1.82, 2.24) is 9.62 Å². The smallest absolute Gasteiger partial charge is 0.287 e. The molecule has 1 aliphatic rings. The number of benzene rings is 2. The molecule has 2 heterocycles. The zero-order valence-electron chi connectivity index (χ0n) is 18.8. The van der Waals surface area contributed by atoms with E-state index in [2.05, 4.69) is 19.2 Å². The lowest BCUT2D eigenvalue weighted by Crippen LogP contribution is -2.42. The Balaban J connectivity index is 1.53. The van der Waals surface area contributed by atoms with Crippen molar-refractivity contribution in [2.45, 2.75) is 38.5 Å². The zero-order chi connectivity index (χ0) is 22.9. The molecule has 1 fully saturated rings. The van der Waals surface area contributed by atoms with Gasteiger partial charge >= 0.3 is 0 Å². The summed E-state index contributed by atoms with van der Waals surface area (Å²) in [6.45, 7) is 7.52. The fourth-order valence-electron chi connectivity index (χ4n) is 4.57. The Morgan fingerprint density at radius 3 is 2.47 bits per heavy atom. The molecule has 32 heavy (non-hydrogen) atoms. The average molecular weight is 455 g/mol. The van der Waals surface area contributed by atoms with Crippen LogP contribution in [0.15, 0.2) is 57.8 Å². The first kappa shape index (κ1) is 22.6. The normalized spacial score (nSPS) is 19.8. The second-order valence-electron chi connectivity index (χ2n) is 8.97. The van der Waals surface area contributed by atoms with E-state index in [1.807, 2.05) is 30.3 Å². The summed E-state index contributed by atoms with van der Waals surface area (Å²) in [5, 5.41) is 3.55. The van der Waals surface area contributed by atoms with Gasteiger partial charge in [0.25, 0.3) is 5.91 Å². The van der Waals surface area contributed by atoms with Crippen LogP contribution in [0, 0.1) is 18.8 Å². The van der Waals surface area contributed by atoms with Crippen LogP contribution in [0.3, 0.4) is 0 Å². The van der Waals surface area contributed by atoms with Gasteiger partial charge in [-0.3, -0.25) is 4.79 Å². The summed E-state index contributed by atoms with van der Waals surface area (Å²) in [4.78, 5) is 12.9. The van der Waals surface area contributed by atoms with Crippen LogP contribution < -0.4 is 5.32 Å². The maximum atomic E-state index is 13.3. The van der Waals surface area contributed by atoms with Gasteiger partial charge in [-0.05, 0) is 55.4 Å². The van der Waals surface area contributed by atoms with Crippen molar-refractivity contribution in [3.63, 3.8) is 0 Å². The summed E-state index contributed by atoms with van der Waals surface area (Å²) in [5.41, 5.74) is 2.30. The van der Waals surface area contributed by atoms with Gasteiger partial charge in [0.15, 0.2) is 5.76 Å². The lowest BCUT2D eigenvalue weighted by Gasteiger charge is -2.34. The van der Waals surface area contributed by atoms with Crippen LogP contribution in [0.5, 0.6) is 0 Å². The average Bonchev–Trinajstić information content (AvgIpc) is 3.10. The van der Waals surface area contributed by atoms with E-state index in [1.54, 1.807) is 29.4 Å². The van der Waals surface area contributed by atoms with Gasteiger partial charge in [-0.25, -0.2) is 8.42 Å². The van der Waals surface area contributed by atoms with Gasteiger partial charge in [-0.15, -0.1) is 0 Å². The molecule has 2 aromatic carbocycles. The molecule has 7 heteroatoms. The Bertz CT molecular complexity index is 1210. The molecular formula is C25H30N2O4S. The SMILES string of the molecule is Cc1c(C(=O)NCCc2ccccc2)oc2ccc(S(=O)(=O)N3C[C@H](C)C[C@@H](C)C3)cc12. The quantitative estimate of drug-likeness (QED) is 0.599. The number of aryl methyl sites for hydroxylation is 1. The molecule has 4 rings (SSSR count). The maximum absolute atomic E-state index is 13.3. The minimum atomic E-state index is -3.60. The van der Waals surface area contributed by atoms with Gasteiger partial charge in [0.2, 0.25) is 10.0 Å². The number of hydrogen-bond acceptors (Lipinski definition) is 4. The van der Waals surface area contributed by atoms with Crippen molar-refractivity contribution in [2.75, 3.05) is 19.6 Å². The van der Waals surface area contributed by atoms with E-state index in [1.165, 1.54) is 0 Å². The number of piperidine rings is 1. The number of hydrogen-bond donors (Lipinski definition) is 1. The molecule has 1 amide bonds. The van der Waals surface area contributed by atoms with Crippen LogP contribution in [0.25, 0.3) is 11.0 Å². The van der Waals surface area contributed by atoms with Crippen molar-refractivity contribution < 1.29 is 17.6 Å². The highest BCUT2D eigenvalue weighted by atomic mass is 32.2. The van der Waals surface area contributed by atoms with Gasteiger partial charge in [0.1, 0.15) is 5.58 Å². The third-order valence-electron chi connectivity index (χ3n) is 6.13. The van der Waals surface area contributed by atoms with E-state index >= 15 is 0 Å². The summed E-state index contributed by atoms with van der Waals surface area (Å²) < 4.78 is 33.9. The first-order chi connectivity index (χ1) is 15.3. The molecule has 0 bridgehead atoms. The Kier molecular flexibility index (Phi) is 6.40. The number of amides is 1. The Morgan fingerprint density at radius 1 is 1.09 bits per heavy atom. The first-order valence-electron chi connectivity index (χ1n) is 11.1. The molecule has 0 aliphatic carbocycles. The highest BCUT2D eigenvalue weighted by molar-refractivity contribution is 7.89. The number of sulfonamides is 1. The number of furan rings is 1. The fraction of sp³-hybridized carbons (Fsp3) is 0.400. The topological polar surface area (TPSA) is 79.6 Å². The van der Waals surface area contributed by atoms with Crippen molar-refractivity contribution in [3.8, 4) is 0 Å². The second-order valence-corrected chi connectivity index (χ2v) is 10.9. The number of nitrogens with zero attached hydrogens (tertiary/aromatic N) is 1. The molecule has 0 saturated carbocycles. The molecule has 3 aromatic rings. The minimum absolute atomic E-state index is 0.225. The van der Waals surface area contributed by atoms with Crippen molar-refractivity contribution in [2.24, 2.45) is 11.8 Å². The molecule has 0 spiro atoms. The Labute approximate surface area is 189 Å². The van der Waals surface area contributed by atoms with Gasteiger partial charge in [0.05, 0.1) is 4.90 Å². The van der Waals surface area contributed by atoms with Crippen LogP contribution in [0.4, 0.5) is 0 Å². The Morgan fingerprint density at radius 2 is 1.78 bits per heavy atom.